The number of thiazole rings is 1. The molecule has 3 N–H and O–H groups in total. The van der Waals surface area contributed by atoms with Crippen molar-refractivity contribution in [3.05, 3.63) is 15.6 Å². The van der Waals surface area contributed by atoms with Gasteiger partial charge in [0.1, 0.15) is 0 Å². The molecular formula is C17H33IN4O2S. The lowest BCUT2D eigenvalue weighted by molar-refractivity contribution is 0.0301. The molecule has 0 aliphatic rings. The zero-order valence-electron chi connectivity index (χ0n) is 16.0. The van der Waals surface area contributed by atoms with Crippen LogP contribution in [0.3, 0.4) is 0 Å². The third-order valence-electron chi connectivity index (χ3n) is 3.27. The minimum absolute atomic E-state index is 0. The Hall–Kier alpha value is -0.450. The predicted molar refractivity (Wildman–Crippen MR) is 116 cm³/mol. The van der Waals surface area contributed by atoms with Gasteiger partial charge in [-0.1, -0.05) is 13.8 Å². The molecule has 0 aliphatic heterocycles. The first kappa shape index (κ1) is 24.6. The maximum atomic E-state index is 9.92. The Bertz CT molecular complexity index is 489. The number of aliphatic imine (C=N–C) groups is 1. The van der Waals surface area contributed by atoms with Crippen LogP contribution in [0.25, 0.3) is 0 Å². The molecule has 1 rings (SSSR count). The number of hydrogen-bond donors (Lipinski definition) is 3. The minimum atomic E-state index is -0.580. The highest BCUT2D eigenvalue weighted by atomic mass is 127. The van der Waals surface area contributed by atoms with Gasteiger partial charge in [0.2, 0.25) is 0 Å². The van der Waals surface area contributed by atoms with Crippen LogP contribution in [0.2, 0.25) is 0 Å². The normalized spacial score (nSPS) is 12.8. The van der Waals surface area contributed by atoms with Gasteiger partial charge < -0.3 is 20.5 Å². The van der Waals surface area contributed by atoms with Crippen molar-refractivity contribution in [3.8, 4) is 0 Å². The largest absolute Gasteiger partial charge is 0.389 e. The van der Waals surface area contributed by atoms with E-state index in [1.54, 1.807) is 11.3 Å². The second kappa shape index (κ2) is 13.7. The molecule has 1 atom stereocenters. The number of nitrogens with one attached hydrogen (secondary N) is 2. The predicted octanol–water partition coefficient (Wildman–Crippen LogP) is 2.51. The Morgan fingerprint density at radius 1 is 1.28 bits per heavy atom. The van der Waals surface area contributed by atoms with Crippen molar-refractivity contribution in [1.82, 2.24) is 15.6 Å². The fourth-order valence-corrected chi connectivity index (χ4v) is 2.90. The zero-order chi connectivity index (χ0) is 17.9. The van der Waals surface area contributed by atoms with Crippen LogP contribution < -0.4 is 10.6 Å². The van der Waals surface area contributed by atoms with E-state index < -0.39 is 6.10 Å². The molecule has 0 saturated heterocycles. The van der Waals surface area contributed by atoms with Crippen LogP contribution in [0.4, 0.5) is 0 Å². The molecule has 6 nitrogen and oxygen atoms in total. The molecule has 0 aromatic carbocycles. The van der Waals surface area contributed by atoms with Crippen LogP contribution in [-0.4, -0.2) is 55.0 Å². The van der Waals surface area contributed by atoms with Gasteiger partial charge in [0, 0.05) is 31.0 Å². The average molecular weight is 484 g/mol. The molecule has 1 aromatic rings. The number of rotatable bonds is 10. The molecule has 0 fully saturated rings. The number of aryl methyl sites for hydroxylation is 2. The van der Waals surface area contributed by atoms with Gasteiger partial charge in [0.25, 0.3) is 0 Å². The molecule has 146 valence electrons. The van der Waals surface area contributed by atoms with Crippen LogP contribution in [0.1, 0.15) is 36.3 Å². The fourth-order valence-electron chi connectivity index (χ4n) is 1.96. The molecule has 0 radical (unpaired) electrons. The van der Waals surface area contributed by atoms with E-state index in [2.05, 4.69) is 41.4 Å². The second-order valence-electron chi connectivity index (χ2n) is 6.23. The van der Waals surface area contributed by atoms with Crippen molar-refractivity contribution in [3.63, 3.8) is 0 Å². The van der Waals surface area contributed by atoms with Gasteiger partial charge in [-0.25, -0.2) is 4.98 Å². The second-order valence-corrected chi connectivity index (χ2v) is 7.52. The third-order valence-corrected chi connectivity index (χ3v) is 4.40. The van der Waals surface area contributed by atoms with E-state index in [-0.39, 0.29) is 24.0 Å². The number of aliphatic hydroxyl groups is 1. The highest BCUT2D eigenvalue weighted by molar-refractivity contribution is 14.0. The van der Waals surface area contributed by atoms with Gasteiger partial charge in [-0.3, -0.25) is 4.99 Å². The van der Waals surface area contributed by atoms with E-state index in [0.717, 1.165) is 30.2 Å². The lowest BCUT2D eigenvalue weighted by atomic mass is 10.2. The average Bonchev–Trinajstić information content (AvgIpc) is 2.83. The van der Waals surface area contributed by atoms with Crippen LogP contribution >= 0.6 is 35.3 Å². The molecule has 0 aliphatic carbocycles. The maximum absolute atomic E-state index is 9.92. The van der Waals surface area contributed by atoms with E-state index in [0.29, 0.717) is 31.6 Å². The number of hydrogen-bond acceptors (Lipinski definition) is 5. The number of halogens is 1. The number of aromatic nitrogens is 1. The van der Waals surface area contributed by atoms with Crippen LogP contribution in [-0.2, 0) is 11.2 Å². The Kier molecular flexibility index (Phi) is 13.5. The van der Waals surface area contributed by atoms with E-state index >= 15 is 0 Å². The summed E-state index contributed by atoms with van der Waals surface area (Å²) in [6.07, 6.45) is 0.285. The van der Waals surface area contributed by atoms with Crippen LogP contribution in [0.15, 0.2) is 4.99 Å². The van der Waals surface area contributed by atoms with E-state index in [9.17, 15) is 5.11 Å². The number of nitrogens with zero attached hydrogens (tertiary/aromatic N) is 2. The van der Waals surface area contributed by atoms with Crippen molar-refractivity contribution in [2.24, 2.45) is 10.9 Å². The maximum Gasteiger partial charge on any atom is 0.191 e. The van der Waals surface area contributed by atoms with Gasteiger partial charge in [0.05, 0.1) is 30.0 Å². The van der Waals surface area contributed by atoms with Gasteiger partial charge in [-0.05, 0) is 26.7 Å². The highest BCUT2D eigenvalue weighted by Gasteiger charge is 2.07. The standard InChI is InChI=1S/C17H32N4O2S.HI/c1-6-18-17(20-9-15(22)11-23-10-12(2)3)19-8-7-16-21-13(4)14(5)24-16;/h12,15,22H,6-11H2,1-5H3,(H2,18,19,20);1H. The summed E-state index contributed by atoms with van der Waals surface area (Å²) in [4.78, 5) is 10.2. The lowest BCUT2D eigenvalue weighted by Crippen LogP contribution is -2.39. The summed E-state index contributed by atoms with van der Waals surface area (Å²) in [7, 11) is 0. The molecule has 0 amide bonds. The first-order chi connectivity index (χ1) is 11.4. The smallest absolute Gasteiger partial charge is 0.191 e. The minimum Gasteiger partial charge on any atom is -0.389 e. The third kappa shape index (κ3) is 11.0. The van der Waals surface area contributed by atoms with E-state index in [1.165, 1.54) is 4.88 Å². The van der Waals surface area contributed by atoms with Gasteiger partial charge in [-0.15, -0.1) is 35.3 Å². The van der Waals surface area contributed by atoms with E-state index in [1.807, 2.05) is 13.8 Å². The molecule has 1 aromatic heterocycles. The summed E-state index contributed by atoms with van der Waals surface area (Å²) in [5, 5.41) is 17.5. The van der Waals surface area contributed by atoms with Gasteiger partial charge in [0.15, 0.2) is 5.96 Å². The van der Waals surface area contributed by atoms with Crippen molar-refractivity contribution >= 4 is 41.3 Å². The fraction of sp³-hybridized carbons (Fsp3) is 0.765. The number of ether oxygens (including phenoxy) is 1. The van der Waals surface area contributed by atoms with Crippen molar-refractivity contribution < 1.29 is 9.84 Å². The van der Waals surface area contributed by atoms with Gasteiger partial charge in [-0.2, -0.15) is 0 Å². The molecule has 25 heavy (non-hydrogen) atoms. The molecule has 0 bridgehead atoms. The molecular weight excluding hydrogens is 451 g/mol. The molecule has 8 heteroatoms. The molecule has 0 spiro atoms. The first-order valence-electron chi connectivity index (χ1n) is 8.63. The SMILES string of the molecule is CCNC(=NCC(O)COCC(C)C)NCCc1nc(C)c(C)s1.I. The Labute approximate surface area is 172 Å². The lowest BCUT2D eigenvalue weighted by Gasteiger charge is -2.13. The zero-order valence-corrected chi connectivity index (χ0v) is 19.1. The summed E-state index contributed by atoms with van der Waals surface area (Å²) >= 11 is 1.74. The summed E-state index contributed by atoms with van der Waals surface area (Å²) in [5.41, 5.74) is 1.11. The van der Waals surface area contributed by atoms with E-state index in [4.69, 9.17) is 4.74 Å². The summed E-state index contributed by atoms with van der Waals surface area (Å²) in [6, 6.07) is 0. The van der Waals surface area contributed by atoms with Crippen molar-refractivity contribution in [2.75, 3.05) is 32.8 Å². The van der Waals surface area contributed by atoms with Crippen molar-refractivity contribution in [2.45, 2.75) is 47.1 Å². The van der Waals surface area contributed by atoms with Crippen LogP contribution in [0.5, 0.6) is 0 Å². The number of aliphatic hydroxyl groups excluding tert-OH is 1. The summed E-state index contributed by atoms with van der Waals surface area (Å²) in [6.45, 7) is 13.2. The Balaban J connectivity index is 0.00000576. The monoisotopic (exact) mass is 484 g/mol. The molecule has 0 saturated carbocycles. The quantitative estimate of drug-likeness (QED) is 0.270. The Morgan fingerprint density at radius 2 is 2.00 bits per heavy atom. The number of guanidine groups is 1. The molecule has 1 heterocycles. The van der Waals surface area contributed by atoms with Gasteiger partial charge >= 0.3 is 0 Å². The first-order valence-corrected chi connectivity index (χ1v) is 9.44. The topological polar surface area (TPSA) is 78.8 Å². The highest BCUT2D eigenvalue weighted by Crippen LogP contribution is 2.16. The van der Waals surface area contributed by atoms with Crippen LogP contribution in [0, 0.1) is 19.8 Å². The summed E-state index contributed by atoms with van der Waals surface area (Å²) < 4.78 is 5.43. The van der Waals surface area contributed by atoms with Crippen molar-refractivity contribution in [1.29, 1.82) is 0 Å². The Morgan fingerprint density at radius 3 is 2.56 bits per heavy atom. The molecule has 1 unspecified atom stereocenters. The summed E-state index contributed by atoms with van der Waals surface area (Å²) in [5.74, 6) is 1.18.